The van der Waals surface area contributed by atoms with Gasteiger partial charge in [-0.15, -0.1) is 0 Å². The van der Waals surface area contributed by atoms with Crippen molar-refractivity contribution in [3.8, 4) is 5.75 Å². The topological polar surface area (TPSA) is 50.4 Å². The number of carbonyl (C=O) groups excluding carboxylic acids is 1. The van der Waals surface area contributed by atoms with E-state index in [1.807, 2.05) is 32.0 Å². The molecule has 0 saturated heterocycles. The molecule has 25 heavy (non-hydrogen) atoms. The molecule has 2 N–H and O–H groups in total. The minimum absolute atomic E-state index is 0.267. The third-order valence-electron chi connectivity index (χ3n) is 3.39. The fourth-order valence-electron chi connectivity index (χ4n) is 2.37. The van der Waals surface area contributed by atoms with Gasteiger partial charge in [0.1, 0.15) is 5.75 Å². The standard InChI is InChI=1S/C20H24N2O2S/c1-13(2)12-24-18-7-5-6-16(11-18)19(23)22-20(25)21-17-9-14(3)8-15(4)10-17/h5-11,13H,12H2,1-4H3,(H2,21,22,23,25). The molecule has 0 heterocycles. The first-order valence-corrected chi connectivity index (χ1v) is 8.68. The van der Waals surface area contributed by atoms with Crippen molar-refractivity contribution < 1.29 is 9.53 Å². The van der Waals surface area contributed by atoms with Gasteiger partial charge < -0.3 is 10.1 Å². The Hall–Kier alpha value is -2.40. The molecule has 1 amide bonds. The van der Waals surface area contributed by atoms with Crippen LogP contribution in [0.15, 0.2) is 42.5 Å². The summed E-state index contributed by atoms with van der Waals surface area (Å²) >= 11 is 5.24. The maximum Gasteiger partial charge on any atom is 0.257 e. The zero-order chi connectivity index (χ0) is 18.4. The van der Waals surface area contributed by atoms with Gasteiger partial charge in [-0.05, 0) is 73.4 Å². The highest BCUT2D eigenvalue weighted by Gasteiger charge is 2.10. The molecular weight excluding hydrogens is 332 g/mol. The summed E-state index contributed by atoms with van der Waals surface area (Å²) in [6.45, 7) is 8.80. The molecule has 0 spiro atoms. The van der Waals surface area contributed by atoms with E-state index in [0.29, 0.717) is 23.8 Å². The van der Waals surface area contributed by atoms with Gasteiger partial charge >= 0.3 is 0 Å². The monoisotopic (exact) mass is 356 g/mol. The zero-order valence-electron chi connectivity index (χ0n) is 15.1. The van der Waals surface area contributed by atoms with Gasteiger partial charge in [-0.2, -0.15) is 0 Å². The molecule has 0 aliphatic rings. The van der Waals surface area contributed by atoms with Gasteiger partial charge in [0.05, 0.1) is 6.61 Å². The highest BCUT2D eigenvalue weighted by Crippen LogP contribution is 2.15. The van der Waals surface area contributed by atoms with Crippen molar-refractivity contribution in [2.45, 2.75) is 27.7 Å². The lowest BCUT2D eigenvalue weighted by Crippen LogP contribution is -2.34. The summed E-state index contributed by atoms with van der Waals surface area (Å²) in [7, 11) is 0. The van der Waals surface area contributed by atoms with Crippen molar-refractivity contribution in [1.29, 1.82) is 0 Å². The van der Waals surface area contributed by atoms with Crippen LogP contribution >= 0.6 is 12.2 Å². The molecule has 0 bridgehead atoms. The van der Waals surface area contributed by atoms with Gasteiger partial charge in [0.15, 0.2) is 5.11 Å². The molecule has 2 rings (SSSR count). The Balaban J connectivity index is 1.98. The van der Waals surface area contributed by atoms with Crippen LogP contribution in [0.5, 0.6) is 5.75 Å². The van der Waals surface area contributed by atoms with E-state index >= 15 is 0 Å². The van der Waals surface area contributed by atoms with Crippen molar-refractivity contribution in [1.82, 2.24) is 5.32 Å². The number of hydrogen-bond acceptors (Lipinski definition) is 3. The van der Waals surface area contributed by atoms with Crippen molar-refractivity contribution in [3.05, 3.63) is 59.2 Å². The molecule has 0 radical (unpaired) electrons. The first kappa shape index (κ1) is 18.9. The molecule has 132 valence electrons. The Morgan fingerprint density at radius 2 is 1.80 bits per heavy atom. The lowest BCUT2D eigenvalue weighted by molar-refractivity contribution is 0.0977. The number of ether oxygens (including phenoxy) is 1. The van der Waals surface area contributed by atoms with E-state index in [0.717, 1.165) is 16.8 Å². The van der Waals surface area contributed by atoms with E-state index in [1.54, 1.807) is 18.2 Å². The van der Waals surface area contributed by atoms with E-state index in [2.05, 4.69) is 30.5 Å². The quantitative estimate of drug-likeness (QED) is 0.777. The fourth-order valence-corrected chi connectivity index (χ4v) is 2.59. The summed E-state index contributed by atoms with van der Waals surface area (Å²) < 4.78 is 5.66. The van der Waals surface area contributed by atoms with Crippen LogP contribution in [0.4, 0.5) is 5.69 Å². The van der Waals surface area contributed by atoms with Crippen LogP contribution in [0.1, 0.15) is 35.3 Å². The van der Waals surface area contributed by atoms with Gasteiger partial charge in [0.2, 0.25) is 0 Å². The lowest BCUT2D eigenvalue weighted by atomic mass is 10.1. The minimum Gasteiger partial charge on any atom is -0.493 e. The minimum atomic E-state index is -0.267. The van der Waals surface area contributed by atoms with E-state index < -0.39 is 0 Å². The predicted octanol–water partition coefficient (Wildman–Crippen LogP) is 4.47. The summed E-state index contributed by atoms with van der Waals surface area (Å²) in [4.78, 5) is 12.4. The van der Waals surface area contributed by atoms with Crippen molar-refractivity contribution in [2.75, 3.05) is 11.9 Å². The van der Waals surface area contributed by atoms with Crippen molar-refractivity contribution in [3.63, 3.8) is 0 Å². The van der Waals surface area contributed by atoms with Crippen LogP contribution in [0, 0.1) is 19.8 Å². The first-order valence-electron chi connectivity index (χ1n) is 8.27. The summed E-state index contributed by atoms with van der Waals surface area (Å²) in [6.07, 6.45) is 0. The number of nitrogens with one attached hydrogen (secondary N) is 2. The maximum atomic E-state index is 12.4. The van der Waals surface area contributed by atoms with Gasteiger partial charge in [-0.25, -0.2) is 0 Å². The molecule has 0 atom stereocenters. The highest BCUT2D eigenvalue weighted by atomic mass is 32.1. The maximum absolute atomic E-state index is 12.4. The Morgan fingerprint density at radius 3 is 2.44 bits per heavy atom. The van der Waals surface area contributed by atoms with Crippen LogP contribution < -0.4 is 15.4 Å². The van der Waals surface area contributed by atoms with Crippen molar-refractivity contribution in [2.24, 2.45) is 5.92 Å². The van der Waals surface area contributed by atoms with Crippen LogP contribution in [-0.2, 0) is 0 Å². The fraction of sp³-hybridized carbons (Fsp3) is 0.300. The Labute approximate surface area is 154 Å². The second-order valence-corrected chi connectivity index (χ2v) is 6.93. The van der Waals surface area contributed by atoms with E-state index in [-0.39, 0.29) is 11.0 Å². The Kier molecular flexibility index (Phi) is 6.53. The van der Waals surface area contributed by atoms with Crippen LogP contribution in [-0.4, -0.2) is 17.6 Å². The summed E-state index contributed by atoms with van der Waals surface area (Å²) in [6, 6.07) is 13.1. The summed E-state index contributed by atoms with van der Waals surface area (Å²) in [5.41, 5.74) is 3.63. The summed E-state index contributed by atoms with van der Waals surface area (Å²) in [5, 5.41) is 6.02. The summed E-state index contributed by atoms with van der Waals surface area (Å²) in [5.74, 6) is 0.832. The molecule has 0 aliphatic carbocycles. The number of anilines is 1. The Bertz CT molecular complexity index is 752. The molecule has 4 nitrogen and oxygen atoms in total. The predicted molar refractivity (Wildman–Crippen MR) is 106 cm³/mol. The van der Waals surface area contributed by atoms with Crippen molar-refractivity contribution >= 4 is 28.9 Å². The lowest BCUT2D eigenvalue weighted by Gasteiger charge is -2.12. The Morgan fingerprint density at radius 1 is 1.12 bits per heavy atom. The molecule has 2 aromatic rings. The van der Waals surface area contributed by atoms with Crippen LogP contribution in [0.25, 0.3) is 0 Å². The van der Waals surface area contributed by atoms with Crippen LogP contribution in [0.3, 0.4) is 0 Å². The average Bonchev–Trinajstić information content (AvgIpc) is 2.52. The average molecular weight is 356 g/mol. The molecule has 0 aliphatic heterocycles. The largest absolute Gasteiger partial charge is 0.493 e. The van der Waals surface area contributed by atoms with Crippen LogP contribution in [0.2, 0.25) is 0 Å². The number of rotatable bonds is 5. The van der Waals surface area contributed by atoms with E-state index in [4.69, 9.17) is 17.0 Å². The molecule has 0 saturated carbocycles. The van der Waals surface area contributed by atoms with Gasteiger partial charge in [0.25, 0.3) is 5.91 Å². The number of carbonyl (C=O) groups is 1. The second-order valence-electron chi connectivity index (χ2n) is 6.52. The molecule has 0 unspecified atom stereocenters. The molecule has 0 fully saturated rings. The SMILES string of the molecule is Cc1cc(C)cc(NC(=S)NC(=O)c2cccc(OCC(C)C)c2)c1. The highest BCUT2D eigenvalue weighted by molar-refractivity contribution is 7.80. The smallest absolute Gasteiger partial charge is 0.257 e. The zero-order valence-corrected chi connectivity index (χ0v) is 15.9. The first-order chi connectivity index (χ1) is 11.8. The van der Waals surface area contributed by atoms with Gasteiger partial charge in [-0.1, -0.05) is 26.0 Å². The second kappa shape index (κ2) is 8.62. The molecular formula is C20H24N2O2S. The number of aryl methyl sites for hydroxylation is 2. The normalized spacial score (nSPS) is 10.4. The number of amides is 1. The van der Waals surface area contributed by atoms with E-state index in [1.165, 1.54) is 0 Å². The van der Waals surface area contributed by atoms with Gasteiger partial charge in [-0.3, -0.25) is 10.1 Å². The number of benzene rings is 2. The van der Waals surface area contributed by atoms with Gasteiger partial charge in [0, 0.05) is 11.3 Å². The molecule has 2 aromatic carbocycles. The third kappa shape index (κ3) is 6.19. The van der Waals surface area contributed by atoms with E-state index in [9.17, 15) is 4.79 Å². The number of thiocarbonyl (C=S) groups is 1. The molecule has 0 aromatic heterocycles. The third-order valence-corrected chi connectivity index (χ3v) is 3.59. The molecule has 5 heteroatoms. The number of hydrogen-bond donors (Lipinski definition) is 2.